The van der Waals surface area contributed by atoms with Gasteiger partial charge in [-0.3, -0.25) is 9.80 Å². The highest BCUT2D eigenvalue weighted by Crippen LogP contribution is 2.35. The Morgan fingerprint density at radius 2 is 1.14 bits per heavy atom. The number of ether oxygens (including phenoxy) is 2. The van der Waals surface area contributed by atoms with Gasteiger partial charge in [0.2, 0.25) is 0 Å². The number of hydrogen-bond donors (Lipinski definition) is 4. The van der Waals surface area contributed by atoms with Gasteiger partial charge >= 0.3 is 0 Å². The molecular formula is C20H26N2O6. The van der Waals surface area contributed by atoms with Crippen molar-refractivity contribution in [2.45, 2.75) is 19.5 Å². The van der Waals surface area contributed by atoms with Gasteiger partial charge in [-0.15, -0.1) is 0 Å². The van der Waals surface area contributed by atoms with Crippen LogP contribution in [-0.2, 0) is 13.1 Å². The molecule has 0 unspecified atom stereocenters. The maximum Gasteiger partial charge on any atom is 0.161 e. The van der Waals surface area contributed by atoms with Gasteiger partial charge in [0, 0.05) is 49.4 Å². The highest BCUT2D eigenvalue weighted by Gasteiger charge is 2.21. The highest BCUT2D eigenvalue weighted by atomic mass is 16.5. The Bertz CT molecular complexity index is 774. The second-order valence-corrected chi connectivity index (χ2v) is 6.91. The van der Waals surface area contributed by atoms with E-state index >= 15 is 0 Å². The molecule has 0 bridgehead atoms. The monoisotopic (exact) mass is 390 g/mol. The molecule has 8 nitrogen and oxygen atoms in total. The fraction of sp³-hybridized carbons (Fsp3) is 0.400. The Labute approximate surface area is 163 Å². The van der Waals surface area contributed by atoms with E-state index in [1.807, 2.05) is 0 Å². The van der Waals surface area contributed by atoms with Crippen LogP contribution >= 0.6 is 0 Å². The van der Waals surface area contributed by atoms with Crippen molar-refractivity contribution in [1.82, 2.24) is 9.80 Å². The van der Waals surface area contributed by atoms with Gasteiger partial charge in [-0.1, -0.05) is 0 Å². The van der Waals surface area contributed by atoms with Crippen LogP contribution < -0.4 is 9.47 Å². The molecule has 0 amide bonds. The first-order valence-corrected chi connectivity index (χ1v) is 9.03. The molecule has 1 heterocycles. The Hall–Kier alpha value is -2.84. The fourth-order valence-electron chi connectivity index (χ4n) is 3.46. The molecule has 4 N–H and O–H groups in total. The van der Waals surface area contributed by atoms with Gasteiger partial charge < -0.3 is 29.9 Å². The Kier molecular flexibility index (Phi) is 6.01. The van der Waals surface area contributed by atoms with Crippen molar-refractivity contribution in [3.8, 4) is 34.5 Å². The molecule has 3 rings (SSSR count). The SMILES string of the molecule is COc1cc(CN2CCCN(Cc3cc(OC)c(O)cc3O)C2)c(O)cc1O. The summed E-state index contributed by atoms with van der Waals surface area (Å²) in [5.74, 6) is 0.500. The number of aromatic hydroxyl groups is 4. The molecule has 1 saturated heterocycles. The molecule has 0 atom stereocenters. The van der Waals surface area contributed by atoms with E-state index in [0.717, 1.165) is 19.5 Å². The number of nitrogens with zero attached hydrogens (tertiary/aromatic N) is 2. The van der Waals surface area contributed by atoms with Crippen LogP contribution in [0, 0.1) is 0 Å². The van der Waals surface area contributed by atoms with Crippen molar-refractivity contribution in [1.29, 1.82) is 0 Å². The quantitative estimate of drug-likeness (QED) is 0.595. The van der Waals surface area contributed by atoms with Crippen LogP contribution in [-0.4, -0.2) is 64.2 Å². The maximum atomic E-state index is 10.1. The van der Waals surface area contributed by atoms with E-state index in [1.165, 1.54) is 26.4 Å². The van der Waals surface area contributed by atoms with Gasteiger partial charge in [0.05, 0.1) is 20.9 Å². The number of benzene rings is 2. The lowest BCUT2D eigenvalue weighted by Crippen LogP contribution is -2.43. The van der Waals surface area contributed by atoms with Gasteiger partial charge in [-0.25, -0.2) is 0 Å². The van der Waals surface area contributed by atoms with Crippen LogP contribution in [0.4, 0.5) is 0 Å². The highest BCUT2D eigenvalue weighted by molar-refractivity contribution is 5.50. The molecule has 0 saturated carbocycles. The summed E-state index contributed by atoms with van der Waals surface area (Å²) in [5, 5.41) is 39.8. The van der Waals surface area contributed by atoms with E-state index in [4.69, 9.17) is 9.47 Å². The standard InChI is InChI=1S/C20H26N2O6/c1-27-19-6-13(15(23)8-17(19)25)10-21-4-3-5-22(12-21)11-14-7-20(28-2)18(26)9-16(14)24/h6-9,23-26H,3-5,10-12H2,1-2H3. The Morgan fingerprint density at radius 1 is 0.714 bits per heavy atom. The van der Waals surface area contributed by atoms with Crippen molar-refractivity contribution in [2.24, 2.45) is 0 Å². The van der Waals surface area contributed by atoms with Gasteiger partial charge in [-0.2, -0.15) is 0 Å². The molecule has 2 aromatic carbocycles. The molecule has 1 aliphatic heterocycles. The number of methoxy groups -OCH3 is 2. The van der Waals surface area contributed by atoms with E-state index in [0.29, 0.717) is 42.4 Å². The molecule has 2 aromatic rings. The molecule has 0 aromatic heterocycles. The van der Waals surface area contributed by atoms with E-state index in [2.05, 4.69) is 9.80 Å². The number of rotatable bonds is 6. The first-order valence-electron chi connectivity index (χ1n) is 9.03. The Balaban J connectivity index is 1.70. The van der Waals surface area contributed by atoms with E-state index in [9.17, 15) is 20.4 Å². The zero-order valence-electron chi connectivity index (χ0n) is 16.1. The third-order valence-electron chi connectivity index (χ3n) is 4.90. The molecule has 8 heteroatoms. The van der Waals surface area contributed by atoms with Crippen molar-refractivity contribution in [3.05, 3.63) is 35.4 Å². The normalized spacial score (nSPS) is 15.5. The minimum Gasteiger partial charge on any atom is -0.507 e. The molecule has 1 fully saturated rings. The van der Waals surface area contributed by atoms with Crippen LogP contribution in [0.25, 0.3) is 0 Å². The lowest BCUT2D eigenvalue weighted by atomic mass is 10.1. The molecule has 28 heavy (non-hydrogen) atoms. The van der Waals surface area contributed by atoms with Crippen LogP contribution in [0.2, 0.25) is 0 Å². The summed E-state index contributed by atoms with van der Waals surface area (Å²) in [6.07, 6.45) is 0.936. The van der Waals surface area contributed by atoms with Crippen LogP contribution in [0.3, 0.4) is 0 Å². The minimum atomic E-state index is -0.0965. The van der Waals surface area contributed by atoms with E-state index in [1.54, 1.807) is 12.1 Å². The van der Waals surface area contributed by atoms with E-state index in [-0.39, 0.29) is 23.0 Å². The smallest absolute Gasteiger partial charge is 0.161 e. The molecule has 152 valence electrons. The summed E-state index contributed by atoms with van der Waals surface area (Å²) < 4.78 is 10.2. The zero-order chi connectivity index (χ0) is 20.3. The third kappa shape index (κ3) is 4.35. The topological polar surface area (TPSA) is 106 Å². The molecule has 0 radical (unpaired) electrons. The Morgan fingerprint density at radius 3 is 1.54 bits per heavy atom. The predicted molar refractivity (Wildman–Crippen MR) is 103 cm³/mol. The lowest BCUT2D eigenvalue weighted by molar-refractivity contribution is 0.0733. The number of phenols is 4. The molecule has 0 spiro atoms. The fourth-order valence-corrected chi connectivity index (χ4v) is 3.46. The molecular weight excluding hydrogens is 364 g/mol. The summed E-state index contributed by atoms with van der Waals surface area (Å²) in [4.78, 5) is 4.34. The third-order valence-corrected chi connectivity index (χ3v) is 4.90. The summed E-state index contributed by atoms with van der Waals surface area (Å²) in [5.41, 5.74) is 1.34. The predicted octanol–water partition coefficient (Wildman–Crippen LogP) is 2.19. The summed E-state index contributed by atoms with van der Waals surface area (Å²) in [6.45, 7) is 3.38. The van der Waals surface area contributed by atoms with Gasteiger partial charge in [-0.05, 0) is 18.6 Å². The number of hydrogen-bond acceptors (Lipinski definition) is 8. The van der Waals surface area contributed by atoms with Crippen LogP contribution in [0.15, 0.2) is 24.3 Å². The average molecular weight is 390 g/mol. The lowest BCUT2D eigenvalue weighted by Gasteiger charge is -2.36. The largest absolute Gasteiger partial charge is 0.507 e. The molecule has 1 aliphatic rings. The van der Waals surface area contributed by atoms with Crippen LogP contribution in [0.5, 0.6) is 34.5 Å². The summed E-state index contributed by atoms with van der Waals surface area (Å²) in [7, 11) is 2.94. The van der Waals surface area contributed by atoms with Crippen LogP contribution in [0.1, 0.15) is 17.5 Å². The van der Waals surface area contributed by atoms with Crippen molar-refractivity contribution < 1.29 is 29.9 Å². The summed E-state index contributed by atoms with van der Waals surface area (Å²) >= 11 is 0. The number of phenolic OH excluding ortho intramolecular Hbond substituents is 4. The van der Waals surface area contributed by atoms with Gasteiger partial charge in [0.1, 0.15) is 11.5 Å². The van der Waals surface area contributed by atoms with Crippen molar-refractivity contribution >= 4 is 0 Å². The maximum absolute atomic E-state index is 10.1. The molecule has 0 aliphatic carbocycles. The second-order valence-electron chi connectivity index (χ2n) is 6.91. The van der Waals surface area contributed by atoms with Crippen molar-refractivity contribution in [3.63, 3.8) is 0 Å². The van der Waals surface area contributed by atoms with E-state index < -0.39 is 0 Å². The zero-order valence-corrected chi connectivity index (χ0v) is 16.1. The van der Waals surface area contributed by atoms with Gasteiger partial charge in [0.15, 0.2) is 23.0 Å². The van der Waals surface area contributed by atoms with Crippen molar-refractivity contribution in [2.75, 3.05) is 34.0 Å². The minimum absolute atomic E-state index is 0.0244. The second kappa shape index (κ2) is 8.45. The first-order chi connectivity index (χ1) is 13.4. The summed E-state index contributed by atoms with van der Waals surface area (Å²) in [6, 6.07) is 5.85. The average Bonchev–Trinajstić information content (AvgIpc) is 2.66. The first kappa shape index (κ1) is 19.9. The van der Waals surface area contributed by atoms with Gasteiger partial charge in [0.25, 0.3) is 0 Å².